The van der Waals surface area contributed by atoms with Crippen molar-refractivity contribution in [2.75, 3.05) is 6.54 Å². The summed E-state index contributed by atoms with van der Waals surface area (Å²) < 4.78 is 38.1. The van der Waals surface area contributed by atoms with E-state index in [4.69, 9.17) is 0 Å². The van der Waals surface area contributed by atoms with Gasteiger partial charge >= 0.3 is 0 Å². The van der Waals surface area contributed by atoms with Crippen molar-refractivity contribution in [2.45, 2.75) is 37.5 Å². The summed E-state index contributed by atoms with van der Waals surface area (Å²) in [7, 11) is -4.03. The van der Waals surface area contributed by atoms with Crippen molar-refractivity contribution >= 4 is 10.0 Å². The van der Waals surface area contributed by atoms with Crippen LogP contribution >= 0.6 is 0 Å². The molecule has 0 bridgehead atoms. The molecular formula is C18H22FNO2S. The first-order valence-electron chi connectivity index (χ1n) is 7.79. The summed E-state index contributed by atoms with van der Waals surface area (Å²) in [6.45, 7) is 1.75. The number of sulfonamides is 1. The predicted octanol–water partition coefficient (Wildman–Crippen LogP) is 4.28. The van der Waals surface area contributed by atoms with Gasteiger partial charge in [0.2, 0.25) is 0 Å². The second-order valence-corrected chi connectivity index (χ2v) is 7.44. The van der Waals surface area contributed by atoms with Gasteiger partial charge in [0.15, 0.2) is 0 Å². The fraction of sp³-hybridized carbons (Fsp3) is 0.333. The molecule has 0 aliphatic carbocycles. The van der Waals surface area contributed by atoms with Crippen molar-refractivity contribution in [3.8, 4) is 0 Å². The minimum absolute atomic E-state index is 0.00474. The van der Waals surface area contributed by atoms with E-state index in [9.17, 15) is 12.9 Å². The maximum atomic E-state index is 14.0. The number of aryl methyl sites for hydroxylation is 2. The van der Waals surface area contributed by atoms with Gasteiger partial charge in [-0.2, -0.15) is 0 Å². The molecule has 0 N–H and O–H groups in total. The molecule has 0 atom stereocenters. The minimum atomic E-state index is -4.03. The molecule has 0 radical (unpaired) electrons. The summed E-state index contributed by atoms with van der Waals surface area (Å²) >= 11 is 0. The second-order valence-electron chi connectivity index (χ2n) is 5.63. The fourth-order valence-corrected chi connectivity index (χ4v) is 3.41. The molecule has 0 aliphatic heterocycles. The van der Waals surface area contributed by atoms with Crippen molar-refractivity contribution in [1.29, 1.82) is 0 Å². The van der Waals surface area contributed by atoms with Crippen LogP contribution in [0.25, 0.3) is 0 Å². The largest absolute Gasteiger partial charge is 0.269 e. The van der Waals surface area contributed by atoms with Gasteiger partial charge in [-0.1, -0.05) is 54.4 Å². The molecule has 3 nitrogen and oxygen atoms in total. The SMILES string of the molecule is Cc1ccc(S(=O)(=O)N(F)CCCCCc2ccccc2)cc1. The van der Waals surface area contributed by atoms with E-state index in [1.165, 1.54) is 17.7 Å². The summed E-state index contributed by atoms with van der Waals surface area (Å²) in [5, 5.41) is 0. The highest BCUT2D eigenvalue weighted by Crippen LogP contribution is 2.17. The smallest absolute Gasteiger partial charge is 0.205 e. The Labute approximate surface area is 137 Å². The molecule has 0 saturated carbocycles. The van der Waals surface area contributed by atoms with Crippen LogP contribution in [0.2, 0.25) is 0 Å². The number of hydrogen-bond donors (Lipinski definition) is 0. The van der Waals surface area contributed by atoms with E-state index in [0.717, 1.165) is 24.8 Å². The van der Waals surface area contributed by atoms with E-state index < -0.39 is 10.0 Å². The molecule has 5 heteroatoms. The van der Waals surface area contributed by atoms with E-state index in [1.54, 1.807) is 12.1 Å². The van der Waals surface area contributed by atoms with Crippen LogP contribution in [-0.4, -0.2) is 19.5 Å². The summed E-state index contributed by atoms with van der Waals surface area (Å²) in [6, 6.07) is 16.3. The van der Waals surface area contributed by atoms with Crippen LogP contribution in [0, 0.1) is 6.92 Å². The zero-order valence-electron chi connectivity index (χ0n) is 13.3. The number of nitrogens with zero attached hydrogens (tertiary/aromatic N) is 1. The van der Waals surface area contributed by atoms with Crippen molar-refractivity contribution in [2.24, 2.45) is 0 Å². The van der Waals surface area contributed by atoms with Gasteiger partial charge in [0.05, 0.1) is 4.90 Å². The lowest BCUT2D eigenvalue weighted by atomic mass is 10.1. The third kappa shape index (κ3) is 5.15. The number of unbranched alkanes of at least 4 members (excludes halogenated alkanes) is 2. The van der Waals surface area contributed by atoms with Crippen LogP contribution in [-0.2, 0) is 16.4 Å². The number of hydrogen-bond acceptors (Lipinski definition) is 2. The highest BCUT2D eigenvalue weighted by molar-refractivity contribution is 7.89. The Hall–Kier alpha value is -1.72. The lowest BCUT2D eigenvalue weighted by Crippen LogP contribution is -2.24. The molecule has 2 aromatic carbocycles. The second kappa shape index (κ2) is 8.22. The molecule has 0 saturated heterocycles. The molecule has 0 heterocycles. The van der Waals surface area contributed by atoms with Crippen LogP contribution in [0.15, 0.2) is 59.5 Å². The number of rotatable bonds is 8. The highest BCUT2D eigenvalue weighted by Gasteiger charge is 2.23. The molecule has 0 aliphatic rings. The predicted molar refractivity (Wildman–Crippen MR) is 90.2 cm³/mol. The molecule has 2 aromatic rings. The third-order valence-electron chi connectivity index (χ3n) is 3.72. The highest BCUT2D eigenvalue weighted by atomic mass is 32.2. The van der Waals surface area contributed by atoms with Gasteiger partial charge in [-0.25, -0.2) is 8.42 Å². The molecule has 2 rings (SSSR count). The lowest BCUT2D eigenvalue weighted by molar-refractivity contribution is 0.136. The molecule has 0 unspecified atom stereocenters. The van der Waals surface area contributed by atoms with Gasteiger partial charge in [0.1, 0.15) is 0 Å². The molecule has 23 heavy (non-hydrogen) atoms. The van der Waals surface area contributed by atoms with Crippen molar-refractivity contribution in [3.63, 3.8) is 0 Å². The first-order valence-corrected chi connectivity index (χ1v) is 9.23. The Morgan fingerprint density at radius 1 is 0.913 bits per heavy atom. The Morgan fingerprint density at radius 2 is 1.57 bits per heavy atom. The van der Waals surface area contributed by atoms with Crippen molar-refractivity contribution in [1.82, 2.24) is 4.53 Å². The van der Waals surface area contributed by atoms with Gasteiger partial charge in [-0.3, -0.25) is 0 Å². The Balaban J connectivity index is 1.77. The van der Waals surface area contributed by atoms with E-state index >= 15 is 0 Å². The first-order chi connectivity index (χ1) is 11.0. The van der Waals surface area contributed by atoms with Crippen LogP contribution in [0.1, 0.15) is 30.4 Å². The lowest BCUT2D eigenvalue weighted by Gasteiger charge is -2.12. The molecule has 0 aromatic heterocycles. The quantitative estimate of drug-likeness (QED) is 0.533. The summed E-state index contributed by atoms with van der Waals surface area (Å²) in [6.07, 6.45) is 3.15. The first kappa shape index (κ1) is 17.6. The monoisotopic (exact) mass is 335 g/mol. The van der Waals surface area contributed by atoms with E-state index in [2.05, 4.69) is 12.1 Å². The Kier molecular flexibility index (Phi) is 6.30. The van der Waals surface area contributed by atoms with Gasteiger partial charge in [0.25, 0.3) is 10.0 Å². The number of halogens is 1. The van der Waals surface area contributed by atoms with Crippen LogP contribution in [0.5, 0.6) is 0 Å². The maximum absolute atomic E-state index is 14.0. The van der Waals surface area contributed by atoms with Crippen molar-refractivity contribution < 1.29 is 12.9 Å². The topological polar surface area (TPSA) is 37.4 Å². The van der Waals surface area contributed by atoms with Crippen LogP contribution in [0.4, 0.5) is 4.48 Å². The van der Waals surface area contributed by atoms with E-state index in [-0.39, 0.29) is 16.0 Å². The minimum Gasteiger partial charge on any atom is -0.205 e. The zero-order valence-corrected chi connectivity index (χ0v) is 14.1. The molecule has 124 valence electrons. The molecular weight excluding hydrogens is 313 g/mol. The van der Waals surface area contributed by atoms with E-state index in [0.29, 0.717) is 6.42 Å². The molecule has 0 fully saturated rings. The third-order valence-corrected chi connectivity index (χ3v) is 5.29. The summed E-state index contributed by atoms with van der Waals surface area (Å²) in [5.74, 6) is 0. The summed E-state index contributed by atoms with van der Waals surface area (Å²) in [4.78, 5) is -0.00474. The number of benzene rings is 2. The van der Waals surface area contributed by atoms with Gasteiger partial charge < -0.3 is 0 Å². The summed E-state index contributed by atoms with van der Waals surface area (Å²) in [5.41, 5.74) is 2.19. The average molecular weight is 335 g/mol. The van der Waals surface area contributed by atoms with Gasteiger partial charge in [0, 0.05) is 6.54 Å². The Morgan fingerprint density at radius 3 is 2.22 bits per heavy atom. The molecule has 0 spiro atoms. The fourth-order valence-electron chi connectivity index (χ4n) is 2.33. The normalized spacial score (nSPS) is 11.8. The van der Waals surface area contributed by atoms with Gasteiger partial charge in [-0.05, 0) is 48.4 Å². The Bertz CT molecular complexity index is 700. The van der Waals surface area contributed by atoms with Crippen LogP contribution in [0.3, 0.4) is 0 Å². The maximum Gasteiger partial charge on any atom is 0.269 e. The standard InChI is InChI=1S/C18H22FNO2S/c1-16-11-13-18(14-12-16)23(21,22)20(19)15-7-3-6-10-17-8-4-2-5-9-17/h2,4-5,8-9,11-14H,3,6-7,10,15H2,1H3. The van der Waals surface area contributed by atoms with Crippen molar-refractivity contribution in [3.05, 3.63) is 65.7 Å². The van der Waals surface area contributed by atoms with Gasteiger partial charge in [-0.15, -0.1) is 4.48 Å². The zero-order chi connectivity index (χ0) is 16.7. The van der Waals surface area contributed by atoms with E-state index in [1.807, 2.05) is 25.1 Å². The average Bonchev–Trinajstić information content (AvgIpc) is 2.55. The van der Waals surface area contributed by atoms with Crippen LogP contribution < -0.4 is 0 Å². The molecule has 0 amide bonds.